The van der Waals surface area contributed by atoms with Crippen molar-refractivity contribution >= 4 is 5.91 Å². The van der Waals surface area contributed by atoms with E-state index in [0.29, 0.717) is 23.4 Å². The molecule has 0 aliphatic rings. The van der Waals surface area contributed by atoms with Gasteiger partial charge in [-0.3, -0.25) is 9.78 Å². The van der Waals surface area contributed by atoms with Gasteiger partial charge < -0.3 is 14.9 Å². The van der Waals surface area contributed by atoms with Gasteiger partial charge in [0.05, 0.1) is 16.8 Å². The normalized spacial score (nSPS) is 9.86. The summed E-state index contributed by atoms with van der Waals surface area (Å²) in [5.74, 6) is 5.63. The van der Waals surface area contributed by atoms with E-state index in [1.54, 1.807) is 13.0 Å². The van der Waals surface area contributed by atoms with Gasteiger partial charge in [0.1, 0.15) is 12.4 Å². The summed E-state index contributed by atoms with van der Waals surface area (Å²) in [6, 6.07) is 1.59. The number of carbonyl (C=O) groups excluding carboxylic acids is 1. The number of aliphatic hydroxyl groups is 1. The lowest BCUT2D eigenvalue weighted by molar-refractivity contribution is 0.0950. The van der Waals surface area contributed by atoms with E-state index < -0.39 is 0 Å². The van der Waals surface area contributed by atoms with Gasteiger partial charge in [-0.2, -0.15) is 0 Å². The summed E-state index contributed by atoms with van der Waals surface area (Å²) in [7, 11) is 0. The number of pyridine rings is 1. The highest BCUT2D eigenvalue weighted by Gasteiger charge is 2.13. The zero-order chi connectivity index (χ0) is 15.2. The van der Waals surface area contributed by atoms with E-state index in [1.165, 1.54) is 12.4 Å². The molecule has 2 aromatic rings. The average Bonchev–Trinajstić information content (AvgIpc) is 2.82. The smallest absolute Gasteiger partial charge is 0.252 e. The van der Waals surface area contributed by atoms with E-state index in [1.807, 2.05) is 6.92 Å². The topological polar surface area (TPSA) is 88.3 Å². The summed E-state index contributed by atoms with van der Waals surface area (Å²) in [6.45, 7) is 3.68. The van der Waals surface area contributed by atoms with Gasteiger partial charge in [-0.1, -0.05) is 17.0 Å². The third kappa shape index (κ3) is 3.46. The first-order valence-electron chi connectivity index (χ1n) is 6.37. The van der Waals surface area contributed by atoms with Crippen molar-refractivity contribution in [1.29, 1.82) is 0 Å². The third-order valence-corrected chi connectivity index (χ3v) is 2.97. The van der Waals surface area contributed by atoms with E-state index in [2.05, 4.69) is 27.3 Å². The number of aryl methyl sites for hydroxylation is 2. The number of nitrogens with zero attached hydrogens (tertiary/aromatic N) is 2. The molecule has 0 atom stereocenters. The molecule has 2 heterocycles. The number of nitrogens with one attached hydrogen (secondary N) is 1. The summed E-state index contributed by atoms with van der Waals surface area (Å²) in [6.07, 6.45) is 3.02. The quantitative estimate of drug-likeness (QED) is 0.820. The maximum absolute atomic E-state index is 12.2. The van der Waals surface area contributed by atoms with Crippen molar-refractivity contribution < 1.29 is 14.4 Å². The van der Waals surface area contributed by atoms with Crippen LogP contribution in [0.3, 0.4) is 0 Å². The van der Waals surface area contributed by atoms with Gasteiger partial charge in [-0.25, -0.2) is 0 Å². The fourth-order valence-corrected chi connectivity index (χ4v) is 1.84. The van der Waals surface area contributed by atoms with Crippen LogP contribution in [-0.2, 0) is 6.54 Å². The molecule has 2 aromatic heterocycles. The Balaban J connectivity index is 2.14. The van der Waals surface area contributed by atoms with Gasteiger partial charge in [0, 0.05) is 24.5 Å². The van der Waals surface area contributed by atoms with Gasteiger partial charge >= 0.3 is 0 Å². The van der Waals surface area contributed by atoms with Crippen molar-refractivity contribution in [3.8, 4) is 11.8 Å². The van der Waals surface area contributed by atoms with Crippen LogP contribution in [0.25, 0.3) is 0 Å². The minimum atomic E-state index is -0.269. The van der Waals surface area contributed by atoms with Crippen LogP contribution in [0, 0.1) is 25.7 Å². The minimum absolute atomic E-state index is 0.264. The Morgan fingerprint density at radius 1 is 1.48 bits per heavy atom. The molecule has 0 unspecified atom stereocenters. The van der Waals surface area contributed by atoms with Crippen LogP contribution in [-0.4, -0.2) is 27.8 Å². The summed E-state index contributed by atoms with van der Waals surface area (Å²) in [4.78, 5) is 16.2. The lowest BCUT2D eigenvalue weighted by Crippen LogP contribution is -2.24. The van der Waals surface area contributed by atoms with Crippen molar-refractivity contribution in [2.24, 2.45) is 0 Å². The van der Waals surface area contributed by atoms with Crippen LogP contribution < -0.4 is 5.32 Å². The Morgan fingerprint density at radius 2 is 2.29 bits per heavy atom. The second-order valence-electron chi connectivity index (χ2n) is 4.37. The van der Waals surface area contributed by atoms with Crippen molar-refractivity contribution in [2.45, 2.75) is 20.4 Å². The minimum Gasteiger partial charge on any atom is -0.384 e. The Morgan fingerprint density at radius 3 is 2.95 bits per heavy atom. The zero-order valence-electron chi connectivity index (χ0n) is 11.8. The van der Waals surface area contributed by atoms with E-state index in [9.17, 15) is 4.79 Å². The number of aromatic nitrogens is 2. The molecule has 0 fully saturated rings. The number of amides is 1. The Kier molecular flexibility index (Phi) is 4.69. The van der Waals surface area contributed by atoms with Crippen molar-refractivity contribution in [3.05, 3.63) is 46.6 Å². The van der Waals surface area contributed by atoms with Crippen LogP contribution in [0.1, 0.15) is 32.9 Å². The fourth-order valence-electron chi connectivity index (χ4n) is 1.84. The molecule has 0 aromatic carbocycles. The molecule has 1 amide bonds. The predicted octanol–water partition coefficient (Wildman–Crippen LogP) is 0.960. The third-order valence-electron chi connectivity index (χ3n) is 2.97. The van der Waals surface area contributed by atoms with E-state index in [4.69, 9.17) is 9.63 Å². The molecule has 0 aliphatic heterocycles. The molecular weight excluding hydrogens is 270 g/mol. The summed E-state index contributed by atoms with van der Waals surface area (Å²) in [5, 5.41) is 15.4. The molecule has 0 spiro atoms. The molecule has 0 bridgehead atoms. The molecule has 0 radical (unpaired) electrons. The average molecular weight is 285 g/mol. The second-order valence-corrected chi connectivity index (χ2v) is 4.37. The molecule has 0 saturated heterocycles. The first kappa shape index (κ1) is 14.8. The van der Waals surface area contributed by atoms with Crippen LogP contribution in [0.15, 0.2) is 23.0 Å². The monoisotopic (exact) mass is 285 g/mol. The van der Waals surface area contributed by atoms with Gasteiger partial charge in [0.2, 0.25) is 0 Å². The van der Waals surface area contributed by atoms with E-state index in [-0.39, 0.29) is 12.5 Å². The molecule has 6 nitrogen and oxygen atoms in total. The first-order valence-corrected chi connectivity index (χ1v) is 6.37. The van der Waals surface area contributed by atoms with Crippen LogP contribution >= 0.6 is 0 Å². The van der Waals surface area contributed by atoms with Gasteiger partial charge in [-0.15, -0.1) is 0 Å². The van der Waals surface area contributed by atoms with Crippen molar-refractivity contribution in [2.75, 3.05) is 6.61 Å². The SMILES string of the molecule is Cc1noc(C)c1CNC(=O)c1ccncc1C#CCO. The zero-order valence-corrected chi connectivity index (χ0v) is 11.8. The largest absolute Gasteiger partial charge is 0.384 e. The lowest BCUT2D eigenvalue weighted by atomic mass is 10.1. The lowest BCUT2D eigenvalue weighted by Gasteiger charge is -2.06. The number of hydrogen-bond acceptors (Lipinski definition) is 5. The molecule has 2 rings (SSSR count). The molecule has 0 aliphatic carbocycles. The maximum Gasteiger partial charge on any atom is 0.252 e. The Bertz CT molecular complexity index is 691. The highest BCUT2D eigenvalue weighted by Crippen LogP contribution is 2.12. The molecule has 0 saturated carbocycles. The maximum atomic E-state index is 12.2. The Hall–Kier alpha value is -2.65. The molecule has 21 heavy (non-hydrogen) atoms. The van der Waals surface area contributed by atoms with Crippen molar-refractivity contribution in [3.63, 3.8) is 0 Å². The fraction of sp³-hybridized carbons (Fsp3) is 0.267. The van der Waals surface area contributed by atoms with Crippen LogP contribution in [0.2, 0.25) is 0 Å². The molecule has 2 N–H and O–H groups in total. The molecule has 6 heteroatoms. The predicted molar refractivity (Wildman–Crippen MR) is 75.3 cm³/mol. The standard InChI is InChI=1S/C15H15N3O3/c1-10-14(11(2)21-18-10)9-17-15(20)13-5-6-16-8-12(13)4-3-7-19/h5-6,8,19H,7,9H2,1-2H3,(H,17,20). The van der Waals surface area contributed by atoms with Gasteiger partial charge in [-0.05, 0) is 19.9 Å². The number of hydrogen-bond donors (Lipinski definition) is 2. The van der Waals surface area contributed by atoms with E-state index in [0.717, 1.165) is 11.3 Å². The van der Waals surface area contributed by atoms with Gasteiger partial charge in [0.15, 0.2) is 0 Å². The number of aliphatic hydroxyl groups excluding tert-OH is 1. The second kappa shape index (κ2) is 6.68. The van der Waals surface area contributed by atoms with E-state index >= 15 is 0 Å². The summed E-state index contributed by atoms with van der Waals surface area (Å²) in [5.41, 5.74) is 2.50. The first-order chi connectivity index (χ1) is 10.1. The molecule has 108 valence electrons. The molecular formula is C15H15N3O3. The Labute approximate surface area is 122 Å². The van der Waals surface area contributed by atoms with Gasteiger partial charge in [0.25, 0.3) is 5.91 Å². The van der Waals surface area contributed by atoms with Crippen molar-refractivity contribution in [1.82, 2.24) is 15.5 Å². The highest BCUT2D eigenvalue weighted by molar-refractivity contribution is 5.96. The summed E-state index contributed by atoms with van der Waals surface area (Å²) >= 11 is 0. The highest BCUT2D eigenvalue weighted by atomic mass is 16.5. The van der Waals surface area contributed by atoms with Crippen LogP contribution in [0.4, 0.5) is 0 Å². The summed E-state index contributed by atoms with van der Waals surface area (Å²) < 4.78 is 5.05. The number of carbonyl (C=O) groups is 1. The van der Waals surface area contributed by atoms with Crippen LogP contribution in [0.5, 0.6) is 0 Å². The number of rotatable bonds is 3.